The largest absolute Gasteiger partial charge is 0.495 e. The molecule has 13 aliphatic rings. The lowest BCUT2D eigenvalue weighted by Gasteiger charge is -2.35. The summed E-state index contributed by atoms with van der Waals surface area (Å²) >= 11 is 0. The predicted molar refractivity (Wildman–Crippen MR) is 563 cm³/mol. The van der Waals surface area contributed by atoms with Gasteiger partial charge in [0.1, 0.15) is 45.7 Å². The molecule has 0 unspecified atom stereocenters. The van der Waals surface area contributed by atoms with E-state index in [-0.39, 0.29) is 89.6 Å². The Kier molecular flexibility index (Phi) is 30.4. The minimum Gasteiger partial charge on any atom is -0.495 e. The van der Waals surface area contributed by atoms with Gasteiger partial charge in [0.25, 0.3) is 29.6 Å². The topological polar surface area (TPSA) is 459 Å². The molecule has 0 saturated heterocycles. The Balaban J connectivity index is 0.000000130. The predicted octanol–water partition coefficient (Wildman–Crippen LogP) is 14.0. The Labute approximate surface area is 866 Å². The number of benzene rings is 4. The number of fused-ring (bicyclic) bond motifs is 4. The van der Waals surface area contributed by atoms with Crippen molar-refractivity contribution in [3.05, 3.63) is 120 Å². The van der Waals surface area contributed by atoms with Crippen molar-refractivity contribution in [1.82, 2.24) is 61.1 Å². The minimum atomic E-state index is -2.70. The minimum absolute atomic E-state index is 0.0414. The number of carbonyl (C=O) groups is 8. The molecule has 39 nitrogen and oxygen atoms in total. The van der Waals surface area contributed by atoms with Crippen molar-refractivity contribution in [2.24, 2.45) is 21.7 Å². The van der Waals surface area contributed by atoms with Crippen LogP contribution in [0.15, 0.2) is 97.6 Å². The van der Waals surface area contributed by atoms with Gasteiger partial charge in [-0.1, -0.05) is 51.4 Å². The molecule has 9 aliphatic carbocycles. The van der Waals surface area contributed by atoms with Crippen LogP contribution in [0, 0.1) is 21.7 Å². The van der Waals surface area contributed by atoms with Gasteiger partial charge in [0, 0.05) is 126 Å². The van der Waals surface area contributed by atoms with Gasteiger partial charge in [-0.2, -0.15) is 19.9 Å². The Morgan fingerprint density at radius 2 is 0.732 bits per heavy atom. The maximum absolute atomic E-state index is 13.3. The van der Waals surface area contributed by atoms with Crippen LogP contribution in [0.5, 0.6) is 23.0 Å². The van der Waals surface area contributed by atoms with Crippen molar-refractivity contribution >= 4 is 140 Å². The molecule has 21 rings (SSSR count). The molecule has 9 fully saturated rings. The third kappa shape index (κ3) is 22.6. The molecule has 4 aromatic heterocycles. The quantitative estimate of drug-likeness (QED) is 0.0240. The number of rotatable bonds is 26. The summed E-state index contributed by atoms with van der Waals surface area (Å²) in [5, 5.41) is 52.9. The van der Waals surface area contributed by atoms with Gasteiger partial charge < -0.3 is 116 Å². The average Bonchev–Trinajstić information content (AvgIpc) is 1.58. The normalized spacial score (nSPS) is 21.0. The fourth-order valence-electron chi connectivity index (χ4n) is 22.5. The molecule has 8 amide bonds. The van der Waals surface area contributed by atoms with Crippen LogP contribution in [0.3, 0.4) is 0 Å². The summed E-state index contributed by atoms with van der Waals surface area (Å²) < 4.78 is 48.4. The van der Waals surface area contributed by atoms with Gasteiger partial charge in [-0.3, -0.25) is 38.4 Å². The molecule has 41 heteroatoms. The third-order valence-corrected chi connectivity index (χ3v) is 31.8. The molecule has 9 saturated carbocycles. The zero-order valence-corrected chi connectivity index (χ0v) is 87.3. The molecule has 796 valence electrons. The summed E-state index contributed by atoms with van der Waals surface area (Å²) in [5.74, 6) is 2.91. The van der Waals surface area contributed by atoms with Crippen LogP contribution in [0.1, 0.15) is 249 Å². The molecule has 4 aliphatic heterocycles. The SMILES string of the molecule is COc1cc(C(=O)NC(C)(C)CO)ccc1Nc1ncc2c(n1)N(C1CCCC1)CC1(CC1)C(=O)N2C.COc1cc(C(=O)NC2CC(F)(F)C2)ccc1Nc1ncc2c(n1)N(C1CCCC1)CC1(CC1)C(=O)N2C.COc1cc(C(=O)NC[C@H](C)O)ccc1Nc1ncc2c(n1)N(C1CCCC1)CC(C)(C)C(=O)N2C.COc1cc(C(=O)N[C@@H]2CCC[C@H]2O)ccc1Nc1ncc2c(n1)N(C1CCCC1)CC1(CC1)C(=O)N2C. The zero-order valence-electron chi connectivity index (χ0n) is 87.3. The highest BCUT2D eigenvalue weighted by Gasteiger charge is 2.59. The van der Waals surface area contributed by atoms with Crippen molar-refractivity contribution in [3.8, 4) is 23.0 Å². The second kappa shape index (κ2) is 43.1. The number of nitrogens with one attached hydrogen (secondary N) is 8. The summed E-state index contributed by atoms with van der Waals surface area (Å²) in [6.07, 6.45) is 31.0. The van der Waals surface area contributed by atoms with Crippen molar-refractivity contribution < 1.29 is 81.4 Å². The second-order valence-electron chi connectivity index (χ2n) is 43.8. The van der Waals surface area contributed by atoms with Crippen LogP contribution in [0.4, 0.5) is 101 Å². The molecule has 0 bridgehead atoms. The van der Waals surface area contributed by atoms with Gasteiger partial charge in [0.2, 0.25) is 47.4 Å². The lowest BCUT2D eigenvalue weighted by atomic mass is 9.88. The van der Waals surface area contributed by atoms with Crippen LogP contribution in [0.25, 0.3) is 0 Å². The first-order valence-corrected chi connectivity index (χ1v) is 52.4. The Hall–Kier alpha value is -13.7. The highest BCUT2D eigenvalue weighted by Crippen LogP contribution is 2.57. The number of anilines is 16. The number of aromatic nitrogens is 8. The number of aliphatic hydroxyl groups excluding tert-OH is 3. The number of nitrogens with zero attached hydrogens (tertiary/aromatic N) is 16. The van der Waals surface area contributed by atoms with E-state index in [0.29, 0.717) is 160 Å². The molecular weight excluding hydrogens is 1910 g/mol. The van der Waals surface area contributed by atoms with E-state index in [1.807, 2.05) is 27.9 Å². The van der Waals surface area contributed by atoms with Crippen LogP contribution >= 0.6 is 0 Å². The number of methoxy groups -OCH3 is 4. The lowest BCUT2D eigenvalue weighted by molar-refractivity contribution is -0.126. The van der Waals surface area contributed by atoms with E-state index in [2.05, 4.69) is 82.1 Å². The van der Waals surface area contributed by atoms with Crippen molar-refractivity contribution in [3.63, 3.8) is 0 Å². The summed E-state index contributed by atoms with van der Waals surface area (Å²) in [6, 6.07) is 20.8. The van der Waals surface area contributed by atoms with E-state index in [1.54, 1.807) is 159 Å². The number of aliphatic hydroxyl groups is 3. The monoisotopic (exact) mass is 2050 g/mol. The first kappa shape index (κ1) is 105. The molecule has 4 aromatic carbocycles. The van der Waals surface area contributed by atoms with Crippen molar-refractivity contribution in [2.75, 3.05) is 156 Å². The highest BCUT2D eigenvalue weighted by molar-refractivity contribution is 6.06. The number of alkyl halides is 2. The smallest absolute Gasteiger partial charge is 0.252 e. The average molecular weight is 2050 g/mol. The molecule has 8 aromatic rings. The summed E-state index contributed by atoms with van der Waals surface area (Å²) in [5.41, 5.74) is 4.63. The van der Waals surface area contributed by atoms with Crippen molar-refractivity contribution in [1.29, 1.82) is 0 Å². The van der Waals surface area contributed by atoms with E-state index in [9.17, 15) is 62.5 Å². The van der Waals surface area contributed by atoms with E-state index in [4.69, 9.17) is 38.9 Å². The van der Waals surface area contributed by atoms with Crippen LogP contribution < -0.4 is 101 Å². The molecule has 0 radical (unpaired) electrons. The third-order valence-electron chi connectivity index (χ3n) is 31.8. The van der Waals surface area contributed by atoms with Gasteiger partial charge in [0.15, 0.2) is 23.3 Å². The van der Waals surface area contributed by atoms with Crippen LogP contribution in [0.2, 0.25) is 0 Å². The molecule has 3 atom stereocenters. The van der Waals surface area contributed by atoms with Gasteiger partial charge in [-0.15, -0.1) is 0 Å². The molecular formula is C108H140F2N24O15. The lowest BCUT2D eigenvalue weighted by Crippen LogP contribution is -2.50. The molecule has 11 N–H and O–H groups in total. The second-order valence-corrected chi connectivity index (χ2v) is 43.8. The van der Waals surface area contributed by atoms with Gasteiger partial charge in [-0.25, -0.2) is 28.7 Å². The van der Waals surface area contributed by atoms with Gasteiger partial charge in [-0.05, 0) is 217 Å². The Bertz CT molecular complexity index is 6350. The number of ether oxygens (including phenoxy) is 4. The van der Waals surface area contributed by atoms with Gasteiger partial charge in [0.05, 0.1) is 128 Å². The first-order valence-electron chi connectivity index (χ1n) is 52.4. The summed E-state index contributed by atoms with van der Waals surface area (Å²) in [4.78, 5) is 157. The number of hydrogen-bond donors (Lipinski definition) is 11. The van der Waals surface area contributed by atoms with Crippen LogP contribution in [-0.2, 0) is 19.2 Å². The fraction of sp³-hybridized carbons (Fsp3) is 0.556. The van der Waals surface area contributed by atoms with Gasteiger partial charge >= 0.3 is 0 Å². The number of hydrogen-bond acceptors (Lipinski definition) is 31. The molecule has 149 heavy (non-hydrogen) atoms. The van der Waals surface area contributed by atoms with E-state index >= 15 is 0 Å². The number of carbonyl (C=O) groups excluding carboxylic acids is 8. The van der Waals surface area contributed by atoms with E-state index in [0.717, 1.165) is 137 Å². The Morgan fingerprint density at radius 1 is 0.430 bits per heavy atom. The Morgan fingerprint density at radius 3 is 1.02 bits per heavy atom. The van der Waals surface area contributed by atoms with E-state index < -0.39 is 41.0 Å². The molecule has 3 spiro atoms. The highest BCUT2D eigenvalue weighted by atomic mass is 19.3. The van der Waals surface area contributed by atoms with E-state index in [1.165, 1.54) is 72.7 Å². The zero-order chi connectivity index (χ0) is 106. The van der Waals surface area contributed by atoms with Crippen molar-refractivity contribution in [2.45, 2.75) is 268 Å². The molecule has 8 heterocycles. The number of amides is 8. The summed E-state index contributed by atoms with van der Waals surface area (Å²) in [7, 11) is 13.3. The maximum atomic E-state index is 13.3. The summed E-state index contributed by atoms with van der Waals surface area (Å²) in [6.45, 7) is 11.7. The standard InChI is InChI=1S/C28H36N6O4.C27H32F2N6O3.C27H36N6O4.C26H36N6O4/c1-33-21-15-29-27(32-24(21)34(18-6-3-4-7-18)16-28(12-13-28)26(33)37)31-20-11-10-17(14-23(20)38-2)25(36)30-19-8-5-9-22(19)35;1-34-20-14-30-25(33-22(20)35(18-5-3-4-6-18)15-26(9-10-26)24(34)37)32-19-8-7-16(11-21(19)38-2)23(36)31-17-12-27(28,29)13-17;1-26(2,16-34)31-23(35)17-9-10-19(21(13-17)37-4)29-25-28-14-20-22(30-25)33(18-7-5-6-8-18)15-27(11-12-27)24(36)32(20)3;1-16(33)13-27-23(34)17-10-11-19(21(12-17)36-5)29-25-28-14-20-22(30-25)32(18-8-6-7-9-18)15-26(2,3)24(35)31(20)4/h10-11,14-15,18-19,22,35H,3-9,12-13,16H2,1-2H3,(H,30,36)(H,29,31,32);7-8,11,14,17-18H,3-6,9-10,12-13,15H2,1-2H3,(H,31,36)(H,30,32,33);9-10,13-14,18,34H,5-8,11-12,15-16H2,1-4H3,(H,31,35)(H,28,29,30);10-12,14,16,18,33H,6-9,13,15H2,1-5H3,(H,27,34)(H,28,29,30)/t19-,22-;;;16-/m1..0/s1. The fourth-order valence-corrected chi connectivity index (χ4v) is 22.5. The number of halogens is 2. The van der Waals surface area contributed by atoms with Crippen LogP contribution in [-0.4, -0.2) is 258 Å². The maximum Gasteiger partial charge on any atom is 0.252 e. The first-order chi connectivity index (χ1) is 71.3.